The van der Waals surface area contributed by atoms with Crippen molar-refractivity contribution >= 4 is 28.3 Å². The number of amides is 1. The molecule has 0 bridgehead atoms. The van der Waals surface area contributed by atoms with E-state index in [2.05, 4.69) is 10.3 Å². The van der Waals surface area contributed by atoms with Gasteiger partial charge in [0.15, 0.2) is 11.7 Å². The number of hydrogen-bond acceptors (Lipinski definition) is 6. The topological polar surface area (TPSA) is 81.4 Å². The molecule has 1 N–H and O–H groups in total. The highest BCUT2D eigenvalue weighted by molar-refractivity contribution is 7.13. The fraction of sp³-hybridized carbons (Fsp3) is 0.211. The fourth-order valence-corrected chi connectivity index (χ4v) is 2.98. The van der Waals surface area contributed by atoms with Crippen LogP contribution in [0.3, 0.4) is 0 Å². The summed E-state index contributed by atoms with van der Waals surface area (Å²) >= 11 is 1.32. The first kappa shape index (κ1) is 17.9. The lowest BCUT2D eigenvalue weighted by molar-refractivity contribution is -0.147. The second-order valence-electron chi connectivity index (χ2n) is 5.63. The average Bonchev–Trinajstić information content (AvgIpc) is 3.28. The van der Waals surface area contributed by atoms with Crippen LogP contribution in [0.4, 0.5) is 5.13 Å². The molecular weight excluding hydrogens is 352 g/mol. The number of rotatable bonds is 7. The van der Waals surface area contributed by atoms with Crippen LogP contribution in [0.25, 0.3) is 11.3 Å². The number of nitrogens with one attached hydrogen (secondary N) is 1. The number of esters is 1. The number of benzene rings is 1. The number of nitrogens with zero attached hydrogens (tertiary/aromatic N) is 1. The monoisotopic (exact) mass is 370 g/mol. The Morgan fingerprint density at radius 2 is 2.00 bits per heavy atom. The SMILES string of the molecule is Cc1csc(NC(=O)COC(=O)CCc2ccc(-c3ccccc3)o2)n1. The molecule has 0 radical (unpaired) electrons. The van der Waals surface area contributed by atoms with E-state index in [0.29, 0.717) is 17.3 Å². The molecule has 3 rings (SSSR count). The van der Waals surface area contributed by atoms with Gasteiger partial charge in [0.05, 0.1) is 12.1 Å². The van der Waals surface area contributed by atoms with Crippen molar-refractivity contribution in [1.82, 2.24) is 4.98 Å². The zero-order valence-corrected chi connectivity index (χ0v) is 15.0. The predicted octanol–water partition coefficient (Wildman–Crippen LogP) is 3.83. The molecule has 0 aliphatic carbocycles. The Bertz CT molecular complexity index is 886. The minimum atomic E-state index is -0.451. The molecule has 26 heavy (non-hydrogen) atoms. The van der Waals surface area contributed by atoms with Crippen LogP contribution in [0.15, 0.2) is 52.3 Å². The highest BCUT2D eigenvalue weighted by Gasteiger charge is 2.11. The van der Waals surface area contributed by atoms with Crippen molar-refractivity contribution in [1.29, 1.82) is 0 Å². The second-order valence-corrected chi connectivity index (χ2v) is 6.49. The fourth-order valence-electron chi connectivity index (χ4n) is 2.28. The molecule has 1 amide bonds. The Labute approximate surface area is 154 Å². The third-order valence-corrected chi connectivity index (χ3v) is 4.40. The van der Waals surface area contributed by atoms with Crippen LogP contribution >= 0.6 is 11.3 Å². The summed E-state index contributed by atoms with van der Waals surface area (Å²) in [5.41, 5.74) is 1.81. The van der Waals surface area contributed by atoms with Gasteiger partial charge in [0, 0.05) is 17.4 Å². The molecule has 0 aliphatic heterocycles. The van der Waals surface area contributed by atoms with Crippen LogP contribution in [-0.4, -0.2) is 23.5 Å². The number of aromatic nitrogens is 1. The maximum absolute atomic E-state index is 11.8. The number of furan rings is 1. The minimum Gasteiger partial charge on any atom is -0.461 e. The normalized spacial score (nSPS) is 10.5. The minimum absolute atomic E-state index is 0.144. The molecule has 3 aromatic rings. The molecule has 2 heterocycles. The number of aryl methyl sites for hydroxylation is 2. The van der Waals surface area contributed by atoms with E-state index < -0.39 is 11.9 Å². The Morgan fingerprint density at radius 1 is 1.19 bits per heavy atom. The van der Waals surface area contributed by atoms with Crippen molar-refractivity contribution in [3.05, 3.63) is 59.3 Å². The zero-order chi connectivity index (χ0) is 18.4. The van der Waals surface area contributed by atoms with Gasteiger partial charge >= 0.3 is 5.97 Å². The lowest BCUT2D eigenvalue weighted by Gasteiger charge is -2.04. The molecule has 6 nitrogen and oxygen atoms in total. The van der Waals surface area contributed by atoms with E-state index in [1.807, 2.05) is 54.8 Å². The quantitative estimate of drug-likeness (QED) is 0.639. The molecule has 0 aliphatic rings. The van der Waals surface area contributed by atoms with Crippen molar-refractivity contribution in [3.8, 4) is 11.3 Å². The van der Waals surface area contributed by atoms with Crippen LogP contribution in [0.2, 0.25) is 0 Å². The van der Waals surface area contributed by atoms with Crippen molar-refractivity contribution in [2.24, 2.45) is 0 Å². The standard InChI is InChI=1S/C19H18N2O4S/c1-13-12-26-19(20-13)21-17(22)11-24-18(23)10-8-15-7-9-16(25-15)14-5-3-2-4-6-14/h2-7,9,12H,8,10-11H2,1H3,(H,20,21,22). The lowest BCUT2D eigenvalue weighted by Crippen LogP contribution is -2.20. The van der Waals surface area contributed by atoms with Crippen LogP contribution < -0.4 is 5.32 Å². The number of thiazole rings is 1. The van der Waals surface area contributed by atoms with Gasteiger partial charge in [0.25, 0.3) is 5.91 Å². The van der Waals surface area contributed by atoms with E-state index in [0.717, 1.165) is 17.0 Å². The van der Waals surface area contributed by atoms with Gasteiger partial charge in [-0.3, -0.25) is 14.9 Å². The molecule has 0 saturated carbocycles. The van der Waals surface area contributed by atoms with E-state index in [4.69, 9.17) is 9.15 Å². The molecule has 0 fully saturated rings. The third-order valence-electron chi connectivity index (χ3n) is 3.53. The van der Waals surface area contributed by atoms with E-state index in [-0.39, 0.29) is 13.0 Å². The molecule has 0 unspecified atom stereocenters. The maximum atomic E-state index is 11.8. The number of ether oxygens (including phenoxy) is 1. The van der Waals surface area contributed by atoms with Crippen molar-refractivity contribution in [2.75, 3.05) is 11.9 Å². The summed E-state index contributed by atoms with van der Waals surface area (Å²) in [6, 6.07) is 13.4. The summed E-state index contributed by atoms with van der Waals surface area (Å²) in [4.78, 5) is 27.6. The van der Waals surface area contributed by atoms with Crippen molar-refractivity contribution < 1.29 is 18.7 Å². The molecule has 2 aromatic heterocycles. The van der Waals surface area contributed by atoms with Gasteiger partial charge < -0.3 is 9.15 Å². The van der Waals surface area contributed by atoms with Crippen LogP contribution in [-0.2, 0) is 20.7 Å². The second kappa shape index (κ2) is 8.44. The maximum Gasteiger partial charge on any atom is 0.306 e. The molecule has 0 saturated heterocycles. The molecule has 1 aromatic carbocycles. The van der Waals surface area contributed by atoms with Crippen LogP contribution in [0.1, 0.15) is 17.9 Å². The number of anilines is 1. The van der Waals surface area contributed by atoms with E-state index in [1.165, 1.54) is 11.3 Å². The van der Waals surface area contributed by atoms with Crippen molar-refractivity contribution in [3.63, 3.8) is 0 Å². The Kier molecular flexibility index (Phi) is 5.80. The van der Waals surface area contributed by atoms with Crippen LogP contribution in [0, 0.1) is 6.92 Å². The average molecular weight is 370 g/mol. The summed E-state index contributed by atoms with van der Waals surface area (Å²) in [7, 11) is 0. The van der Waals surface area contributed by atoms with E-state index in [1.54, 1.807) is 0 Å². The first-order chi connectivity index (χ1) is 12.6. The highest BCUT2D eigenvalue weighted by Crippen LogP contribution is 2.22. The molecule has 0 atom stereocenters. The summed E-state index contributed by atoms with van der Waals surface area (Å²) in [5, 5.41) is 4.91. The van der Waals surface area contributed by atoms with Gasteiger partial charge in [0.2, 0.25) is 0 Å². The first-order valence-electron chi connectivity index (χ1n) is 8.12. The van der Waals surface area contributed by atoms with Crippen molar-refractivity contribution in [2.45, 2.75) is 19.8 Å². The Balaban J connectivity index is 1.41. The van der Waals surface area contributed by atoms with Gasteiger partial charge in [0.1, 0.15) is 11.5 Å². The first-order valence-corrected chi connectivity index (χ1v) is 9.00. The Hall–Kier alpha value is -2.93. The predicted molar refractivity (Wildman–Crippen MR) is 98.9 cm³/mol. The highest BCUT2D eigenvalue weighted by atomic mass is 32.1. The molecule has 134 valence electrons. The summed E-state index contributed by atoms with van der Waals surface area (Å²) in [6.45, 7) is 1.51. The molecule has 7 heteroatoms. The van der Waals surface area contributed by atoms with Gasteiger partial charge in [-0.05, 0) is 19.1 Å². The van der Waals surface area contributed by atoms with E-state index >= 15 is 0 Å². The number of carbonyl (C=O) groups excluding carboxylic acids is 2. The number of hydrogen-bond donors (Lipinski definition) is 1. The Morgan fingerprint density at radius 3 is 2.73 bits per heavy atom. The summed E-state index contributed by atoms with van der Waals surface area (Å²) in [5.74, 6) is 0.598. The van der Waals surface area contributed by atoms with Crippen LogP contribution in [0.5, 0.6) is 0 Å². The largest absolute Gasteiger partial charge is 0.461 e. The van der Waals surface area contributed by atoms with Gasteiger partial charge in [-0.25, -0.2) is 4.98 Å². The lowest BCUT2D eigenvalue weighted by atomic mass is 10.2. The summed E-state index contributed by atoms with van der Waals surface area (Å²) < 4.78 is 10.7. The zero-order valence-electron chi connectivity index (χ0n) is 14.2. The van der Waals surface area contributed by atoms with Gasteiger partial charge in [-0.2, -0.15) is 0 Å². The third kappa shape index (κ3) is 5.03. The molecule has 0 spiro atoms. The van der Waals surface area contributed by atoms with Gasteiger partial charge in [-0.15, -0.1) is 11.3 Å². The smallest absolute Gasteiger partial charge is 0.306 e. The number of carbonyl (C=O) groups is 2. The molecular formula is C19H18N2O4S. The van der Waals surface area contributed by atoms with E-state index in [9.17, 15) is 9.59 Å². The summed E-state index contributed by atoms with van der Waals surface area (Å²) in [6.07, 6.45) is 0.560. The van der Waals surface area contributed by atoms with Gasteiger partial charge in [-0.1, -0.05) is 30.3 Å².